The van der Waals surface area contributed by atoms with Crippen LogP contribution in [0, 0.1) is 0 Å². The summed E-state index contributed by atoms with van der Waals surface area (Å²) in [5.74, 6) is 0. The molecule has 134 valence electrons. The van der Waals surface area contributed by atoms with Crippen molar-refractivity contribution in [2.24, 2.45) is 10.2 Å². The van der Waals surface area contributed by atoms with Crippen molar-refractivity contribution in [1.29, 1.82) is 0 Å². The van der Waals surface area contributed by atoms with E-state index >= 15 is 0 Å². The second-order valence-electron chi connectivity index (χ2n) is 6.00. The summed E-state index contributed by atoms with van der Waals surface area (Å²) in [5, 5.41) is 25.4. The molecule has 0 saturated carbocycles. The Bertz CT molecular complexity index is 769. The van der Waals surface area contributed by atoms with E-state index in [1.165, 1.54) is 0 Å². The van der Waals surface area contributed by atoms with E-state index in [4.69, 9.17) is 0 Å². The van der Waals surface area contributed by atoms with Crippen LogP contribution in [0.2, 0.25) is 0 Å². The summed E-state index contributed by atoms with van der Waals surface area (Å²) in [4.78, 5) is 0. The lowest BCUT2D eigenvalue weighted by Gasteiger charge is -2.14. The van der Waals surface area contributed by atoms with Crippen LogP contribution >= 0.6 is 0 Å². The van der Waals surface area contributed by atoms with Crippen LogP contribution in [0.4, 0.5) is 0 Å². The largest absolute Gasteiger partial charge is 0.375 e. The Hall–Kier alpha value is -2.44. The topological polar surface area (TPSA) is 72.2 Å². The summed E-state index contributed by atoms with van der Waals surface area (Å²) in [7, 11) is 3.66. The molecule has 6 nitrogen and oxygen atoms in total. The number of benzene rings is 1. The van der Waals surface area contributed by atoms with Gasteiger partial charge in [-0.05, 0) is 37.7 Å². The first-order chi connectivity index (χ1) is 12.0. The highest BCUT2D eigenvalue weighted by Gasteiger charge is 2.06. The normalized spacial score (nSPS) is 16.6. The second-order valence-corrected chi connectivity index (χ2v) is 6.00. The van der Waals surface area contributed by atoms with Crippen LogP contribution in [0.25, 0.3) is 6.08 Å². The summed E-state index contributed by atoms with van der Waals surface area (Å²) in [5.41, 5.74) is 5.01. The van der Waals surface area contributed by atoms with Gasteiger partial charge in [0.25, 0.3) is 0 Å². The zero-order valence-electron chi connectivity index (χ0n) is 15.1. The molecule has 6 heteroatoms. The number of hydrogen-bond donors (Lipinski definition) is 3. The standard InChI is InChI=1S/C19H27N5O/c1-5-14(2)21-22-17(7-6-8-19(25)20-3)15-9-10-18-16(13-15)11-12-24(4)23-18/h5-6,8-11,13-14,19-21,25H,1,7,12H2,2-4H3/b8-6+,22-17+. The van der Waals surface area contributed by atoms with Gasteiger partial charge in [-0.1, -0.05) is 24.3 Å². The predicted molar refractivity (Wildman–Crippen MR) is 102 cm³/mol. The van der Waals surface area contributed by atoms with Crippen LogP contribution in [-0.2, 0) is 0 Å². The molecular formula is C19H27N5O. The summed E-state index contributed by atoms with van der Waals surface area (Å²) >= 11 is 0. The van der Waals surface area contributed by atoms with Gasteiger partial charge in [-0.2, -0.15) is 10.2 Å². The number of likely N-dealkylation sites (N-methyl/N-ethyl adjacent to an activating group) is 1. The summed E-state index contributed by atoms with van der Waals surface area (Å²) in [6.45, 7) is 6.55. The first kappa shape index (κ1) is 18.9. The minimum Gasteiger partial charge on any atom is -0.375 e. The van der Waals surface area contributed by atoms with Gasteiger partial charge >= 0.3 is 0 Å². The minimum absolute atomic E-state index is 0.0784. The molecule has 1 aromatic rings. The lowest BCUT2D eigenvalue weighted by atomic mass is 10.1. The lowest BCUT2D eigenvalue weighted by molar-refractivity contribution is 0.195. The first-order valence-corrected chi connectivity index (χ1v) is 8.40. The molecule has 1 aromatic carbocycles. The molecule has 1 aliphatic rings. The van der Waals surface area contributed by atoms with E-state index in [0.717, 1.165) is 28.4 Å². The van der Waals surface area contributed by atoms with E-state index in [1.807, 2.05) is 37.2 Å². The van der Waals surface area contributed by atoms with E-state index in [0.29, 0.717) is 6.42 Å². The SMILES string of the molecule is C=CC(C)N/N=C(\C/C=C/C(O)NC)c1ccc2c(c1)=CCN(C)N=2. The molecule has 2 atom stereocenters. The maximum Gasteiger partial charge on any atom is 0.123 e. The highest BCUT2D eigenvalue weighted by Crippen LogP contribution is 2.04. The number of nitrogens with zero attached hydrogens (tertiary/aromatic N) is 3. The van der Waals surface area contributed by atoms with Gasteiger partial charge < -0.3 is 10.5 Å². The van der Waals surface area contributed by atoms with Crippen LogP contribution in [0.1, 0.15) is 18.9 Å². The van der Waals surface area contributed by atoms with Gasteiger partial charge in [0, 0.05) is 18.7 Å². The minimum atomic E-state index is -0.660. The number of aliphatic hydroxyl groups is 1. The van der Waals surface area contributed by atoms with Crippen molar-refractivity contribution >= 4 is 11.8 Å². The zero-order chi connectivity index (χ0) is 18.2. The fourth-order valence-corrected chi connectivity index (χ4v) is 2.31. The smallest absolute Gasteiger partial charge is 0.123 e. The Kier molecular flexibility index (Phi) is 6.91. The second kappa shape index (κ2) is 9.15. The van der Waals surface area contributed by atoms with Crippen LogP contribution in [0.5, 0.6) is 0 Å². The van der Waals surface area contributed by atoms with Gasteiger partial charge in [0.05, 0.1) is 23.7 Å². The molecular weight excluding hydrogens is 314 g/mol. The lowest BCUT2D eigenvalue weighted by Crippen LogP contribution is -2.35. The van der Waals surface area contributed by atoms with Crippen LogP contribution in [0.15, 0.2) is 53.2 Å². The maximum absolute atomic E-state index is 9.59. The highest BCUT2D eigenvalue weighted by atomic mass is 16.3. The summed E-state index contributed by atoms with van der Waals surface area (Å²) in [6, 6.07) is 6.22. The summed E-state index contributed by atoms with van der Waals surface area (Å²) < 4.78 is 0. The Morgan fingerprint density at radius 3 is 3.04 bits per heavy atom. The Morgan fingerprint density at radius 1 is 1.52 bits per heavy atom. The molecule has 1 heterocycles. The average Bonchev–Trinajstić information content (AvgIpc) is 2.63. The van der Waals surface area contributed by atoms with E-state index < -0.39 is 6.23 Å². The number of nitrogens with one attached hydrogen (secondary N) is 2. The number of hydrogen-bond acceptors (Lipinski definition) is 6. The van der Waals surface area contributed by atoms with Crippen molar-refractivity contribution in [2.45, 2.75) is 25.6 Å². The maximum atomic E-state index is 9.59. The van der Waals surface area contributed by atoms with Gasteiger partial charge in [-0.3, -0.25) is 10.3 Å². The Balaban J connectivity index is 2.30. The first-order valence-electron chi connectivity index (χ1n) is 8.40. The van der Waals surface area contributed by atoms with E-state index in [1.54, 1.807) is 19.2 Å². The van der Waals surface area contributed by atoms with Crippen molar-refractivity contribution in [2.75, 3.05) is 20.6 Å². The number of hydrazone groups is 1. The highest BCUT2D eigenvalue weighted by molar-refractivity contribution is 6.01. The van der Waals surface area contributed by atoms with Gasteiger partial charge in [0.2, 0.25) is 0 Å². The third kappa shape index (κ3) is 5.55. The molecule has 2 rings (SSSR count). The van der Waals surface area contributed by atoms with E-state index in [-0.39, 0.29) is 6.04 Å². The van der Waals surface area contributed by atoms with Gasteiger partial charge in [-0.25, -0.2) is 0 Å². The number of fused-ring (bicyclic) bond motifs is 1. The molecule has 25 heavy (non-hydrogen) atoms. The number of aliphatic hydroxyl groups excluding tert-OH is 1. The molecule has 2 unspecified atom stereocenters. The monoisotopic (exact) mass is 341 g/mol. The number of allylic oxidation sites excluding steroid dienone is 1. The Morgan fingerprint density at radius 2 is 2.32 bits per heavy atom. The van der Waals surface area contributed by atoms with Gasteiger partial charge in [0.1, 0.15) is 6.23 Å². The van der Waals surface area contributed by atoms with Crippen molar-refractivity contribution in [1.82, 2.24) is 15.8 Å². The molecule has 1 aliphatic heterocycles. The van der Waals surface area contributed by atoms with E-state index in [9.17, 15) is 5.11 Å². The number of rotatable bonds is 8. The average molecular weight is 341 g/mol. The van der Waals surface area contributed by atoms with Crippen LogP contribution in [0.3, 0.4) is 0 Å². The third-order valence-electron chi connectivity index (χ3n) is 3.90. The zero-order valence-corrected chi connectivity index (χ0v) is 15.1. The summed E-state index contributed by atoms with van der Waals surface area (Å²) in [6.07, 6.45) is 7.52. The van der Waals surface area contributed by atoms with Gasteiger partial charge in [0.15, 0.2) is 0 Å². The van der Waals surface area contributed by atoms with E-state index in [2.05, 4.69) is 39.7 Å². The molecule has 0 spiro atoms. The molecule has 0 bridgehead atoms. The van der Waals surface area contributed by atoms with Crippen molar-refractivity contribution in [3.05, 3.63) is 59.1 Å². The van der Waals surface area contributed by atoms with Crippen LogP contribution in [-0.4, -0.2) is 48.7 Å². The van der Waals surface area contributed by atoms with Crippen LogP contribution < -0.4 is 21.3 Å². The van der Waals surface area contributed by atoms with Crippen molar-refractivity contribution in [3.63, 3.8) is 0 Å². The fourth-order valence-electron chi connectivity index (χ4n) is 2.31. The molecule has 0 aromatic heterocycles. The Labute approximate surface area is 148 Å². The quantitative estimate of drug-likeness (QED) is 0.275. The molecule has 0 amide bonds. The molecule has 0 fully saturated rings. The predicted octanol–water partition coefficient (Wildman–Crippen LogP) is 0.299. The fraction of sp³-hybridized carbons (Fsp3) is 0.368. The molecule has 0 radical (unpaired) electrons. The molecule has 0 aliphatic carbocycles. The third-order valence-corrected chi connectivity index (χ3v) is 3.90. The van der Waals surface area contributed by atoms with Gasteiger partial charge in [-0.15, -0.1) is 6.58 Å². The molecule has 0 saturated heterocycles. The van der Waals surface area contributed by atoms with Crippen molar-refractivity contribution in [3.8, 4) is 0 Å². The van der Waals surface area contributed by atoms with Crippen molar-refractivity contribution < 1.29 is 5.11 Å². The molecule has 3 N–H and O–H groups in total.